The number of ether oxygens (including phenoxy) is 2. The van der Waals surface area contributed by atoms with Crippen molar-refractivity contribution in [2.75, 3.05) is 44.8 Å². The SMILES string of the molecule is COc1ccc(N2CCC(C)(c3ccc(Cl)c(Cl)c3)C2=O)cc1OCCN1CCC(C)CC1. The molecule has 2 aliphatic rings. The average Bonchev–Trinajstić information content (AvgIpc) is 3.12. The molecule has 1 atom stereocenters. The molecule has 4 rings (SSSR count). The standard InChI is InChI=1S/C26H32Cl2N2O3/c1-18-8-11-29(12-9-18)14-15-33-24-17-20(5-7-23(24)32-3)30-13-10-26(2,25(30)31)19-4-6-21(27)22(28)16-19/h4-7,16-18H,8-15H2,1-3H3. The van der Waals surface area contributed by atoms with Crippen LogP contribution < -0.4 is 14.4 Å². The first kappa shape index (κ1) is 24.2. The highest BCUT2D eigenvalue weighted by Gasteiger charge is 2.45. The zero-order chi connectivity index (χ0) is 23.6. The Morgan fingerprint density at radius 1 is 1.03 bits per heavy atom. The van der Waals surface area contributed by atoms with Gasteiger partial charge >= 0.3 is 0 Å². The summed E-state index contributed by atoms with van der Waals surface area (Å²) in [7, 11) is 1.64. The Kier molecular flexibility index (Phi) is 7.42. The summed E-state index contributed by atoms with van der Waals surface area (Å²) in [5.41, 5.74) is 1.04. The van der Waals surface area contributed by atoms with E-state index in [-0.39, 0.29) is 5.91 Å². The van der Waals surface area contributed by atoms with Crippen molar-refractivity contribution in [3.63, 3.8) is 0 Å². The normalized spacial score (nSPS) is 22.1. The van der Waals surface area contributed by atoms with Gasteiger partial charge in [0.15, 0.2) is 11.5 Å². The minimum atomic E-state index is -0.652. The number of methoxy groups -OCH3 is 1. The number of hydrogen-bond acceptors (Lipinski definition) is 4. The van der Waals surface area contributed by atoms with Gasteiger partial charge in [0.25, 0.3) is 0 Å². The minimum Gasteiger partial charge on any atom is -0.493 e. The number of halogens is 2. The fraction of sp³-hybridized carbons (Fsp3) is 0.500. The minimum absolute atomic E-state index is 0.0412. The molecule has 2 fully saturated rings. The van der Waals surface area contributed by atoms with Gasteiger partial charge in [-0.15, -0.1) is 0 Å². The van der Waals surface area contributed by atoms with E-state index in [1.54, 1.807) is 19.2 Å². The van der Waals surface area contributed by atoms with Gasteiger partial charge in [0, 0.05) is 24.8 Å². The number of likely N-dealkylation sites (tertiary alicyclic amines) is 1. The lowest BCUT2D eigenvalue weighted by molar-refractivity contribution is -0.121. The molecule has 0 aliphatic carbocycles. The Morgan fingerprint density at radius 2 is 1.79 bits per heavy atom. The van der Waals surface area contributed by atoms with Crippen LogP contribution in [0.3, 0.4) is 0 Å². The number of benzene rings is 2. The zero-order valence-corrected chi connectivity index (χ0v) is 21.1. The first-order valence-electron chi connectivity index (χ1n) is 11.6. The summed E-state index contributed by atoms with van der Waals surface area (Å²) in [5, 5.41) is 0.951. The van der Waals surface area contributed by atoms with Crippen molar-refractivity contribution in [1.29, 1.82) is 0 Å². The molecule has 0 spiro atoms. The lowest BCUT2D eigenvalue weighted by atomic mass is 9.81. The van der Waals surface area contributed by atoms with Gasteiger partial charge in [-0.3, -0.25) is 9.69 Å². The Morgan fingerprint density at radius 3 is 2.48 bits per heavy atom. The molecule has 33 heavy (non-hydrogen) atoms. The molecule has 2 aromatic rings. The van der Waals surface area contributed by atoms with Crippen molar-refractivity contribution < 1.29 is 14.3 Å². The molecule has 0 N–H and O–H groups in total. The summed E-state index contributed by atoms with van der Waals surface area (Å²) >= 11 is 12.3. The molecule has 1 unspecified atom stereocenters. The number of piperidine rings is 1. The smallest absolute Gasteiger partial charge is 0.237 e. The largest absolute Gasteiger partial charge is 0.493 e. The topological polar surface area (TPSA) is 42.0 Å². The summed E-state index contributed by atoms with van der Waals surface area (Å²) in [6.07, 6.45) is 3.18. The summed E-state index contributed by atoms with van der Waals surface area (Å²) in [6.45, 7) is 8.62. The second-order valence-corrected chi connectivity index (χ2v) is 10.2. The zero-order valence-electron chi connectivity index (χ0n) is 19.6. The lowest BCUT2D eigenvalue weighted by Gasteiger charge is -2.30. The molecule has 2 aliphatic heterocycles. The third-order valence-electron chi connectivity index (χ3n) is 7.11. The number of carbonyl (C=O) groups excluding carboxylic acids is 1. The molecule has 5 nitrogen and oxygen atoms in total. The number of rotatable bonds is 7. The molecular weight excluding hydrogens is 459 g/mol. The number of hydrogen-bond donors (Lipinski definition) is 0. The molecule has 7 heteroatoms. The van der Waals surface area contributed by atoms with E-state index in [1.165, 1.54) is 12.8 Å². The van der Waals surface area contributed by atoms with Crippen molar-refractivity contribution >= 4 is 34.8 Å². The first-order valence-corrected chi connectivity index (χ1v) is 12.4. The number of amides is 1. The van der Waals surface area contributed by atoms with Crippen LogP contribution in [0.2, 0.25) is 10.0 Å². The molecule has 0 bridgehead atoms. The van der Waals surface area contributed by atoms with Gasteiger partial charge in [-0.1, -0.05) is 36.2 Å². The van der Waals surface area contributed by atoms with Gasteiger partial charge in [-0.05, 0) is 75.0 Å². The Balaban J connectivity index is 1.47. The molecule has 2 saturated heterocycles. The maximum absolute atomic E-state index is 13.5. The number of nitrogens with zero attached hydrogens (tertiary/aromatic N) is 2. The second kappa shape index (κ2) is 10.1. The van der Waals surface area contributed by atoms with E-state index in [2.05, 4.69) is 11.8 Å². The van der Waals surface area contributed by atoms with E-state index in [4.69, 9.17) is 32.7 Å². The molecule has 1 amide bonds. The predicted molar refractivity (Wildman–Crippen MR) is 134 cm³/mol. The second-order valence-electron chi connectivity index (χ2n) is 9.38. The molecule has 0 saturated carbocycles. The fourth-order valence-corrected chi connectivity index (χ4v) is 5.01. The Labute approximate surface area is 206 Å². The van der Waals surface area contributed by atoms with E-state index in [1.807, 2.05) is 36.1 Å². The lowest BCUT2D eigenvalue weighted by Crippen LogP contribution is -2.36. The number of anilines is 1. The molecular formula is C26H32Cl2N2O3. The van der Waals surface area contributed by atoms with Crippen molar-refractivity contribution in [3.8, 4) is 11.5 Å². The summed E-state index contributed by atoms with van der Waals surface area (Å²) < 4.78 is 11.6. The molecule has 0 radical (unpaired) electrons. The van der Waals surface area contributed by atoms with Crippen LogP contribution in [0.5, 0.6) is 11.5 Å². The van der Waals surface area contributed by atoms with Crippen molar-refractivity contribution in [2.45, 2.75) is 38.5 Å². The predicted octanol–water partition coefficient (Wildman–Crippen LogP) is 5.81. The molecule has 0 aromatic heterocycles. The van der Waals surface area contributed by atoms with E-state index < -0.39 is 5.41 Å². The van der Waals surface area contributed by atoms with Crippen LogP contribution >= 0.6 is 23.2 Å². The summed E-state index contributed by atoms with van der Waals surface area (Å²) in [5.74, 6) is 2.19. The van der Waals surface area contributed by atoms with Crippen molar-refractivity contribution in [2.24, 2.45) is 5.92 Å². The van der Waals surface area contributed by atoms with E-state index >= 15 is 0 Å². The highest BCUT2D eigenvalue weighted by Crippen LogP contribution is 2.41. The van der Waals surface area contributed by atoms with Crippen LogP contribution in [-0.4, -0.2) is 50.7 Å². The maximum Gasteiger partial charge on any atom is 0.237 e. The Hall–Kier alpha value is -1.95. The quantitative estimate of drug-likeness (QED) is 0.491. The van der Waals surface area contributed by atoms with Crippen LogP contribution in [0.1, 0.15) is 38.7 Å². The van der Waals surface area contributed by atoms with E-state index in [9.17, 15) is 4.79 Å². The monoisotopic (exact) mass is 490 g/mol. The highest BCUT2D eigenvalue weighted by atomic mass is 35.5. The maximum atomic E-state index is 13.5. The summed E-state index contributed by atoms with van der Waals surface area (Å²) in [4.78, 5) is 17.8. The van der Waals surface area contributed by atoms with Crippen molar-refractivity contribution in [1.82, 2.24) is 4.90 Å². The first-order chi connectivity index (χ1) is 15.8. The molecule has 2 heterocycles. The van der Waals surface area contributed by atoms with Gasteiger partial charge in [0.1, 0.15) is 6.61 Å². The Bertz CT molecular complexity index is 1010. The van der Waals surface area contributed by atoms with Gasteiger partial charge in [-0.25, -0.2) is 0 Å². The van der Waals surface area contributed by atoms with Gasteiger partial charge < -0.3 is 14.4 Å². The van der Waals surface area contributed by atoms with Gasteiger partial charge in [0.2, 0.25) is 5.91 Å². The molecule has 2 aromatic carbocycles. The molecule has 178 valence electrons. The van der Waals surface area contributed by atoms with Crippen LogP contribution in [0.4, 0.5) is 5.69 Å². The van der Waals surface area contributed by atoms with Crippen LogP contribution in [0, 0.1) is 5.92 Å². The number of carbonyl (C=O) groups is 1. The van der Waals surface area contributed by atoms with Crippen LogP contribution in [-0.2, 0) is 10.2 Å². The van der Waals surface area contributed by atoms with Crippen molar-refractivity contribution in [3.05, 3.63) is 52.0 Å². The third kappa shape index (κ3) is 5.11. The third-order valence-corrected chi connectivity index (χ3v) is 7.85. The van der Waals surface area contributed by atoms with Gasteiger partial charge in [0.05, 0.1) is 22.6 Å². The highest BCUT2D eigenvalue weighted by molar-refractivity contribution is 6.42. The van der Waals surface area contributed by atoms with Crippen LogP contribution in [0.15, 0.2) is 36.4 Å². The average molecular weight is 491 g/mol. The fourth-order valence-electron chi connectivity index (χ4n) is 4.71. The van der Waals surface area contributed by atoms with Crippen LogP contribution in [0.25, 0.3) is 0 Å². The van der Waals surface area contributed by atoms with Gasteiger partial charge in [-0.2, -0.15) is 0 Å². The summed E-state index contributed by atoms with van der Waals surface area (Å²) in [6, 6.07) is 11.1. The van der Waals surface area contributed by atoms with E-state index in [0.717, 1.165) is 36.8 Å². The van der Waals surface area contributed by atoms with E-state index in [0.29, 0.717) is 41.1 Å².